The summed E-state index contributed by atoms with van der Waals surface area (Å²) in [4.78, 5) is 17.2. The third-order valence-electron chi connectivity index (χ3n) is 5.80. The first-order valence-electron chi connectivity index (χ1n) is 10.2. The molecule has 1 aliphatic carbocycles. The van der Waals surface area contributed by atoms with E-state index in [1.165, 1.54) is 17.5 Å². The molecule has 2 aliphatic rings. The molecule has 2 aromatic rings. The molecular formula is C21H28N4O3. The first-order chi connectivity index (χ1) is 13.6. The van der Waals surface area contributed by atoms with Crippen LogP contribution in [0.5, 0.6) is 5.75 Å². The maximum absolute atomic E-state index is 13.0. The van der Waals surface area contributed by atoms with E-state index in [1.807, 2.05) is 24.8 Å². The summed E-state index contributed by atoms with van der Waals surface area (Å²) in [6.45, 7) is 7.64. The molecule has 1 fully saturated rings. The Labute approximate surface area is 165 Å². The zero-order valence-electron chi connectivity index (χ0n) is 16.7. The number of rotatable bonds is 6. The van der Waals surface area contributed by atoms with Crippen LogP contribution in [0.2, 0.25) is 0 Å². The number of carbonyl (C=O) groups is 1. The van der Waals surface area contributed by atoms with Crippen LogP contribution < -0.4 is 4.74 Å². The van der Waals surface area contributed by atoms with Crippen LogP contribution in [0.4, 0.5) is 0 Å². The van der Waals surface area contributed by atoms with E-state index in [9.17, 15) is 4.79 Å². The van der Waals surface area contributed by atoms with Crippen molar-refractivity contribution < 1.29 is 14.2 Å². The molecule has 150 valence electrons. The highest BCUT2D eigenvalue weighted by molar-refractivity contribution is 5.81. The van der Waals surface area contributed by atoms with Gasteiger partial charge in [-0.1, -0.05) is 23.3 Å². The number of fused-ring (bicyclic) bond motifs is 1. The second kappa shape index (κ2) is 8.31. The summed E-state index contributed by atoms with van der Waals surface area (Å²) in [5.41, 5.74) is 4.48. The Bertz CT molecular complexity index is 827. The monoisotopic (exact) mass is 384 g/mol. The molecule has 7 heteroatoms. The second-order valence-electron chi connectivity index (χ2n) is 7.70. The minimum absolute atomic E-state index is 0.0851. The lowest BCUT2D eigenvalue weighted by atomic mass is 10.1. The third kappa shape index (κ3) is 4.04. The smallest absolute Gasteiger partial charge is 0.263 e. The fourth-order valence-corrected chi connectivity index (χ4v) is 4.03. The van der Waals surface area contributed by atoms with Gasteiger partial charge in [-0.3, -0.25) is 9.69 Å². The number of benzene rings is 1. The van der Waals surface area contributed by atoms with Gasteiger partial charge in [0.15, 0.2) is 6.10 Å². The van der Waals surface area contributed by atoms with Gasteiger partial charge >= 0.3 is 0 Å². The van der Waals surface area contributed by atoms with E-state index in [-0.39, 0.29) is 5.91 Å². The Kier molecular flexibility index (Phi) is 5.62. The summed E-state index contributed by atoms with van der Waals surface area (Å²) >= 11 is 0. The predicted molar refractivity (Wildman–Crippen MR) is 104 cm³/mol. The number of aryl methyl sites for hydroxylation is 3. The van der Waals surface area contributed by atoms with E-state index in [0.29, 0.717) is 26.1 Å². The maximum Gasteiger partial charge on any atom is 0.263 e. The Morgan fingerprint density at radius 2 is 1.96 bits per heavy atom. The molecule has 1 unspecified atom stereocenters. The van der Waals surface area contributed by atoms with Crippen LogP contribution in [-0.2, 0) is 24.2 Å². The molecule has 0 saturated carbocycles. The fourth-order valence-electron chi connectivity index (χ4n) is 4.03. The lowest BCUT2D eigenvalue weighted by molar-refractivity contribution is -0.140. The summed E-state index contributed by atoms with van der Waals surface area (Å²) in [6.07, 6.45) is 3.72. The van der Waals surface area contributed by atoms with Gasteiger partial charge in [0.25, 0.3) is 5.91 Å². The molecule has 0 radical (unpaired) electrons. The average molecular weight is 384 g/mol. The van der Waals surface area contributed by atoms with Crippen LogP contribution in [0.25, 0.3) is 0 Å². The highest BCUT2D eigenvalue weighted by Gasteiger charge is 2.28. The molecule has 0 bridgehead atoms. The number of amides is 1. The topological polar surface area (TPSA) is 71.7 Å². The molecule has 1 aliphatic heterocycles. The molecule has 1 atom stereocenters. The second-order valence-corrected chi connectivity index (χ2v) is 7.70. The molecule has 2 heterocycles. The minimum atomic E-state index is -0.423. The van der Waals surface area contributed by atoms with Crippen LogP contribution >= 0.6 is 0 Å². The van der Waals surface area contributed by atoms with Crippen molar-refractivity contribution in [3.63, 3.8) is 0 Å². The normalized spacial score (nSPS) is 18.1. The van der Waals surface area contributed by atoms with Crippen molar-refractivity contribution in [2.75, 3.05) is 26.2 Å². The Balaban J connectivity index is 1.32. The van der Waals surface area contributed by atoms with E-state index in [0.717, 1.165) is 43.1 Å². The van der Waals surface area contributed by atoms with E-state index in [2.05, 4.69) is 27.3 Å². The van der Waals surface area contributed by atoms with Crippen molar-refractivity contribution >= 4 is 5.91 Å². The molecule has 0 spiro atoms. The van der Waals surface area contributed by atoms with Crippen LogP contribution in [0.3, 0.4) is 0 Å². The molecule has 1 saturated heterocycles. The van der Waals surface area contributed by atoms with Crippen molar-refractivity contribution in [2.24, 2.45) is 0 Å². The van der Waals surface area contributed by atoms with E-state index in [1.54, 1.807) is 0 Å². The molecule has 28 heavy (non-hydrogen) atoms. The van der Waals surface area contributed by atoms with E-state index < -0.39 is 6.10 Å². The van der Waals surface area contributed by atoms with Gasteiger partial charge in [-0.15, -0.1) is 0 Å². The molecule has 1 amide bonds. The van der Waals surface area contributed by atoms with Gasteiger partial charge in [0.2, 0.25) is 0 Å². The largest absolute Gasteiger partial charge is 0.481 e. The number of nitrogens with zero attached hydrogens (tertiary/aromatic N) is 4. The van der Waals surface area contributed by atoms with Crippen molar-refractivity contribution in [2.45, 2.75) is 52.2 Å². The van der Waals surface area contributed by atoms with Gasteiger partial charge in [-0.2, -0.15) is 0 Å². The molecule has 4 rings (SSSR count). The van der Waals surface area contributed by atoms with Gasteiger partial charge in [-0.25, -0.2) is 4.63 Å². The first-order valence-corrected chi connectivity index (χ1v) is 10.2. The van der Waals surface area contributed by atoms with Crippen LogP contribution in [0.15, 0.2) is 22.8 Å². The number of carbonyl (C=O) groups excluding carboxylic acids is 1. The highest BCUT2D eigenvalue weighted by Crippen LogP contribution is 2.27. The SMILES string of the molecule is CCC(Oc1ccc2c(c1)CCC2)C(=O)N1CCN(Cc2nonc2C)CC1. The standard InChI is InChI=1S/C21H28N4O3/c1-3-20(27-18-8-7-16-5-4-6-17(16)13-18)21(26)25-11-9-24(10-12-25)14-19-15(2)22-28-23-19/h7-8,13,20H,3-6,9-12,14H2,1-2H3. The number of hydrogen-bond acceptors (Lipinski definition) is 6. The summed E-state index contributed by atoms with van der Waals surface area (Å²) in [6, 6.07) is 6.27. The summed E-state index contributed by atoms with van der Waals surface area (Å²) in [5.74, 6) is 0.899. The molecular weight excluding hydrogens is 356 g/mol. The minimum Gasteiger partial charge on any atom is -0.481 e. The average Bonchev–Trinajstić information content (AvgIpc) is 3.34. The molecule has 0 N–H and O–H groups in total. The lowest BCUT2D eigenvalue weighted by Gasteiger charge is -2.36. The highest BCUT2D eigenvalue weighted by atomic mass is 16.6. The Morgan fingerprint density at radius 3 is 2.68 bits per heavy atom. The molecule has 1 aromatic carbocycles. The van der Waals surface area contributed by atoms with Gasteiger partial charge in [-0.05, 0) is 55.9 Å². The number of piperazine rings is 1. The first kappa shape index (κ1) is 18.9. The van der Waals surface area contributed by atoms with Gasteiger partial charge < -0.3 is 9.64 Å². The van der Waals surface area contributed by atoms with Gasteiger partial charge in [0.05, 0.1) is 0 Å². The molecule has 1 aromatic heterocycles. The zero-order valence-corrected chi connectivity index (χ0v) is 16.7. The quantitative estimate of drug-likeness (QED) is 0.761. The summed E-state index contributed by atoms with van der Waals surface area (Å²) < 4.78 is 10.9. The van der Waals surface area contributed by atoms with E-state index >= 15 is 0 Å². The lowest BCUT2D eigenvalue weighted by Crippen LogP contribution is -2.52. The van der Waals surface area contributed by atoms with E-state index in [4.69, 9.17) is 9.37 Å². The third-order valence-corrected chi connectivity index (χ3v) is 5.80. The Morgan fingerprint density at radius 1 is 1.18 bits per heavy atom. The number of aromatic nitrogens is 2. The zero-order chi connectivity index (χ0) is 19.5. The number of ether oxygens (including phenoxy) is 1. The number of hydrogen-bond donors (Lipinski definition) is 0. The molecule has 7 nitrogen and oxygen atoms in total. The van der Waals surface area contributed by atoms with Crippen LogP contribution in [-0.4, -0.2) is 58.3 Å². The Hall–Kier alpha value is -2.41. The van der Waals surface area contributed by atoms with Crippen LogP contribution in [0.1, 0.15) is 42.3 Å². The summed E-state index contributed by atoms with van der Waals surface area (Å²) in [5, 5.41) is 7.78. The summed E-state index contributed by atoms with van der Waals surface area (Å²) in [7, 11) is 0. The van der Waals surface area contributed by atoms with Crippen molar-refractivity contribution in [3.8, 4) is 5.75 Å². The van der Waals surface area contributed by atoms with Gasteiger partial charge in [0, 0.05) is 32.7 Å². The van der Waals surface area contributed by atoms with Crippen molar-refractivity contribution in [1.82, 2.24) is 20.1 Å². The fraction of sp³-hybridized carbons (Fsp3) is 0.571. The van der Waals surface area contributed by atoms with Gasteiger partial charge in [0.1, 0.15) is 17.1 Å². The van der Waals surface area contributed by atoms with Crippen molar-refractivity contribution in [1.29, 1.82) is 0 Å². The predicted octanol–water partition coefficient (Wildman–Crippen LogP) is 2.37. The maximum atomic E-state index is 13.0. The van der Waals surface area contributed by atoms with Crippen molar-refractivity contribution in [3.05, 3.63) is 40.7 Å². The van der Waals surface area contributed by atoms with Crippen LogP contribution in [0, 0.1) is 6.92 Å².